The summed E-state index contributed by atoms with van der Waals surface area (Å²) in [6, 6.07) is 3.79. The van der Waals surface area contributed by atoms with E-state index < -0.39 is 0 Å². The van der Waals surface area contributed by atoms with Crippen LogP contribution in [0.25, 0.3) is 5.82 Å². The minimum Gasteiger partial charge on any atom is -0.305 e. The predicted molar refractivity (Wildman–Crippen MR) is 68.3 cm³/mol. The van der Waals surface area contributed by atoms with E-state index in [2.05, 4.69) is 46.4 Å². The maximum absolute atomic E-state index is 4.24. The highest BCUT2D eigenvalue weighted by Gasteiger charge is 2.13. The van der Waals surface area contributed by atoms with Gasteiger partial charge in [0.05, 0.1) is 12.2 Å². The lowest BCUT2D eigenvalue weighted by molar-refractivity contribution is 0.414. The van der Waals surface area contributed by atoms with Crippen molar-refractivity contribution in [2.24, 2.45) is 0 Å². The Morgan fingerprint density at radius 2 is 2.00 bits per heavy atom. The highest BCUT2D eigenvalue weighted by molar-refractivity contribution is 5.21. The number of nitrogens with one attached hydrogen (secondary N) is 1. The summed E-state index contributed by atoms with van der Waals surface area (Å²) in [7, 11) is 0. The van der Waals surface area contributed by atoms with Crippen LogP contribution in [0.4, 0.5) is 0 Å². The van der Waals surface area contributed by atoms with Crippen molar-refractivity contribution in [2.45, 2.75) is 39.8 Å². The van der Waals surface area contributed by atoms with Gasteiger partial charge < -0.3 is 5.32 Å². The number of aryl methyl sites for hydroxylation is 1. The summed E-state index contributed by atoms with van der Waals surface area (Å²) < 4.78 is 1.70. The number of hydrogen-bond acceptors (Lipinski definition) is 5. The second-order valence-electron chi connectivity index (χ2n) is 5.22. The van der Waals surface area contributed by atoms with Gasteiger partial charge in [-0.1, -0.05) is 0 Å². The summed E-state index contributed by atoms with van der Waals surface area (Å²) in [6.07, 6.45) is 1.53. The van der Waals surface area contributed by atoms with E-state index in [-0.39, 0.29) is 5.54 Å². The zero-order valence-electron chi connectivity index (χ0n) is 11.2. The van der Waals surface area contributed by atoms with E-state index in [0.29, 0.717) is 12.4 Å². The Balaban J connectivity index is 2.20. The van der Waals surface area contributed by atoms with Gasteiger partial charge in [0.25, 0.3) is 0 Å². The van der Waals surface area contributed by atoms with Crippen molar-refractivity contribution in [3.63, 3.8) is 0 Å². The van der Waals surface area contributed by atoms with Crippen LogP contribution in [0.15, 0.2) is 18.5 Å². The van der Waals surface area contributed by atoms with Crippen LogP contribution in [-0.4, -0.2) is 30.5 Å². The fraction of sp³-hybridized carbons (Fsp3) is 0.500. The predicted octanol–water partition coefficient (Wildman–Crippen LogP) is 1.25. The van der Waals surface area contributed by atoms with Crippen molar-refractivity contribution >= 4 is 0 Å². The zero-order valence-corrected chi connectivity index (χ0v) is 11.2. The Kier molecular flexibility index (Phi) is 3.38. The average molecular weight is 246 g/mol. The molecule has 0 atom stereocenters. The monoisotopic (exact) mass is 246 g/mol. The lowest BCUT2D eigenvalue weighted by Crippen LogP contribution is -2.36. The molecule has 0 saturated heterocycles. The quantitative estimate of drug-likeness (QED) is 0.882. The molecule has 0 amide bonds. The van der Waals surface area contributed by atoms with E-state index in [4.69, 9.17) is 0 Å². The topological polar surface area (TPSA) is 68.5 Å². The molecule has 0 spiro atoms. The van der Waals surface area contributed by atoms with Gasteiger partial charge in [0, 0.05) is 5.54 Å². The molecule has 2 aromatic rings. The minimum absolute atomic E-state index is 0.0374. The van der Waals surface area contributed by atoms with Crippen molar-refractivity contribution in [2.75, 3.05) is 0 Å². The number of hydrogen-bond donors (Lipinski definition) is 1. The van der Waals surface area contributed by atoms with Gasteiger partial charge in [0.1, 0.15) is 12.2 Å². The molecule has 0 aromatic carbocycles. The molecule has 96 valence electrons. The molecule has 2 heterocycles. The van der Waals surface area contributed by atoms with E-state index >= 15 is 0 Å². The molecule has 0 aliphatic heterocycles. The van der Waals surface area contributed by atoms with Crippen LogP contribution < -0.4 is 5.32 Å². The third kappa shape index (κ3) is 3.10. The molecule has 0 aliphatic rings. The Bertz CT molecular complexity index is 508. The number of nitrogens with zero attached hydrogens (tertiary/aromatic N) is 5. The highest BCUT2D eigenvalue weighted by Crippen LogP contribution is 2.06. The van der Waals surface area contributed by atoms with Crippen molar-refractivity contribution < 1.29 is 0 Å². The summed E-state index contributed by atoms with van der Waals surface area (Å²) in [5.41, 5.74) is 0.920. The van der Waals surface area contributed by atoms with Gasteiger partial charge in [0.2, 0.25) is 0 Å². The van der Waals surface area contributed by atoms with E-state index in [1.54, 1.807) is 4.68 Å². The Morgan fingerprint density at radius 1 is 1.22 bits per heavy atom. The molecule has 18 heavy (non-hydrogen) atoms. The summed E-state index contributed by atoms with van der Waals surface area (Å²) >= 11 is 0. The molecular weight excluding hydrogens is 228 g/mol. The van der Waals surface area contributed by atoms with E-state index in [1.807, 2.05) is 19.1 Å². The first-order chi connectivity index (χ1) is 8.46. The first-order valence-corrected chi connectivity index (χ1v) is 5.90. The van der Waals surface area contributed by atoms with Gasteiger partial charge in [-0.15, -0.1) is 5.10 Å². The third-order valence-corrected chi connectivity index (χ3v) is 2.40. The molecule has 1 N–H and O–H groups in total. The van der Waals surface area contributed by atoms with E-state index in [1.165, 1.54) is 6.33 Å². The van der Waals surface area contributed by atoms with Crippen LogP contribution in [0, 0.1) is 6.92 Å². The molecule has 0 radical (unpaired) electrons. The second kappa shape index (κ2) is 4.81. The fourth-order valence-electron chi connectivity index (χ4n) is 1.43. The maximum Gasteiger partial charge on any atom is 0.177 e. The van der Waals surface area contributed by atoms with Crippen molar-refractivity contribution in [3.05, 3.63) is 30.0 Å². The maximum atomic E-state index is 4.24. The number of rotatable bonds is 3. The molecule has 0 saturated carbocycles. The normalized spacial score (nSPS) is 11.8. The van der Waals surface area contributed by atoms with Crippen LogP contribution in [-0.2, 0) is 6.54 Å². The zero-order chi connectivity index (χ0) is 13.2. The third-order valence-electron chi connectivity index (χ3n) is 2.40. The standard InChI is InChI=1S/C12H18N6/c1-9-5-6-10(17-16-9)18-11(13-8-15-18)7-14-12(2,3)4/h5-6,8,14H,7H2,1-4H3. The largest absolute Gasteiger partial charge is 0.305 e. The molecule has 0 unspecified atom stereocenters. The molecule has 6 heteroatoms. The van der Waals surface area contributed by atoms with E-state index in [0.717, 1.165) is 11.5 Å². The lowest BCUT2D eigenvalue weighted by Gasteiger charge is -2.20. The summed E-state index contributed by atoms with van der Waals surface area (Å²) in [5.74, 6) is 1.51. The van der Waals surface area contributed by atoms with Gasteiger partial charge in [-0.2, -0.15) is 14.9 Å². The van der Waals surface area contributed by atoms with Crippen LogP contribution >= 0.6 is 0 Å². The van der Waals surface area contributed by atoms with Crippen molar-refractivity contribution in [3.8, 4) is 5.82 Å². The van der Waals surface area contributed by atoms with Gasteiger partial charge >= 0.3 is 0 Å². The summed E-state index contributed by atoms with van der Waals surface area (Å²) in [5, 5.41) is 15.7. The lowest BCUT2D eigenvalue weighted by atomic mass is 10.1. The van der Waals surface area contributed by atoms with Crippen LogP contribution in [0.2, 0.25) is 0 Å². The molecule has 2 rings (SSSR count). The Labute approximate surface area is 106 Å². The second-order valence-corrected chi connectivity index (χ2v) is 5.22. The summed E-state index contributed by atoms with van der Waals surface area (Å²) in [4.78, 5) is 4.24. The van der Waals surface area contributed by atoms with Gasteiger partial charge in [-0.05, 0) is 39.8 Å². The fourth-order valence-corrected chi connectivity index (χ4v) is 1.43. The highest BCUT2D eigenvalue weighted by atomic mass is 15.4. The van der Waals surface area contributed by atoms with Gasteiger partial charge in [0.15, 0.2) is 5.82 Å². The first-order valence-electron chi connectivity index (χ1n) is 5.90. The van der Waals surface area contributed by atoms with Crippen LogP contribution in [0.3, 0.4) is 0 Å². The SMILES string of the molecule is Cc1ccc(-n2ncnc2CNC(C)(C)C)nn1. The number of aromatic nitrogens is 5. The molecular formula is C12H18N6. The first kappa shape index (κ1) is 12.6. The summed E-state index contributed by atoms with van der Waals surface area (Å²) in [6.45, 7) is 8.87. The van der Waals surface area contributed by atoms with E-state index in [9.17, 15) is 0 Å². The Hall–Kier alpha value is -1.82. The Morgan fingerprint density at radius 3 is 2.61 bits per heavy atom. The van der Waals surface area contributed by atoms with Crippen LogP contribution in [0.5, 0.6) is 0 Å². The van der Waals surface area contributed by atoms with Gasteiger partial charge in [-0.25, -0.2) is 4.98 Å². The average Bonchev–Trinajstić information content (AvgIpc) is 2.75. The molecule has 0 bridgehead atoms. The molecule has 0 fully saturated rings. The molecule has 6 nitrogen and oxygen atoms in total. The molecule has 0 aliphatic carbocycles. The van der Waals surface area contributed by atoms with Crippen molar-refractivity contribution in [1.29, 1.82) is 0 Å². The molecule has 2 aromatic heterocycles. The van der Waals surface area contributed by atoms with Gasteiger partial charge in [-0.3, -0.25) is 0 Å². The minimum atomic E-state index is 0.0374. The van der Waals surface area contributed by atoms with Crippen molar-refractivity contribution in [1.82, 2.24) is 30.3 Å². The smallest absolute Gasteiger partial charge is 0.177 e. The van der Waals surface area contributed by atoms with Crippen LogP contribution in [0.1, 0.15) is 32.3 Å².